The van der Waals surface area contributed by atoms with Crippen molar-refractivity contribution in [2.24, 2.45) is 7.05 Å². The first-order valence-electron chi connectivity index (χ1n) is 12.4. The zero-order chi connectivity index (χ0) is 26.3. The molecule has 1 saturated heterocycles. The van der Waals surface area contributed by atoms with Crippen molar-refractivity contribution in [2.75, 3.05) is 18.0 Å². The minimum absolute atomic E-state index is 0.0380. The van der Waals surface area contributed by atoms with Gasteiger partial charge in [-0.2, -0.15) is 0 Å². The SMILES string of the molecule is [C-]#[N+]c1ccc2c(n1)c(N1C[C@@H](C)N(C(c3ccc(Cl)cc3)c3cccc(C)n3)C[C@@H]1C)cc(=O)n2C. The molecule has 0 radical (unpaired) electrons. The third-order valence-corrected chi connectivity index (χ3v) is 7.47. The zero-order valence-electron chi connectivity index (χ0n) is 21.4. The molecule has 1 aliphatic rings. The van der Waals surface area contributed by atoms with E-state index in [2.05, 4.69) is 57.7 Å². The van der Waals surface area contributed by atoms with Crippen LogP contribution in [0.4, 0.5) is 11.5 Å². The second-order valence-corrected chi connectivity index (χ2v) is 10.2. The number of halogens is 1. The van der Waals surface area contributed by atoms with Gasteiger partial charge in [0.05, 0.1) is 22.9 Å². The Morgan fingerprint density at radius 1 is 1.03 bits per heavy atom. The number of aryl methyl sites for hydroxylation is 2. The lowest BCUT2D eigenvalue weighted by Gasteiger charge is -2.48. The number of piperazine rings is 1. The van der Waals surface area contributed by atoms with Crippen molar-refractivity contribution in [3.63, 3.8) is 0 Å². The molecule has 1 fully saturated rings. The molecule has 4 aromatic rings. The van der Waals surface area contributed by atoms with Crippen LogP contribution in [0.1, 0.15) is 36.8 Å². The van der Waals surface area contributed by atoms with Crippen LogP contribution in [0, 0.1) is 13.5 Å². The second-order valence-electron chi connectivity index (χ2n) is 9.78. The van der Waals surface area contributed by atoms with Crippen molar-refractivity contribution in [1.82, 2.24) is 19.4 Å². The molecule has 0 aliphatic carbocycles. The van der Waals surface area contributed by atoms with Gasteiger partial charge in [-0.25, -0.2) is 0 Å². The summed E-state index contributed by atoms with van der Waals surface area (Å²) in [6, 6.07) is 19.5. The molecule has 5 rings (SSSR count). The van der Waals surface area contributed by atoms with Crippen molar-refractivity contribution in [3.05, 3.63) is 104 Å². The number of nitrogens with zero attached hydrogens (tertiary/aromatic N) is 6. The lowest BCUT2D eigenvalue weighted by Crippen LogP contribution is -2.57. The van der Waals surface area contributed by atoms with Gasteiger partial charge in [0, 0.05) is 49.0 Å². The fraction of sp³-hybridized carbons (Fsp3) is 0.310. The Morgan fingerprint density at radius 2 is 1.78 bits per heavy atom. The van der Waals surface area contributed by atoms with Crippen LogP contribution in [-0.2, 0) is 7.05 Å². The minimum atomic E-state index is -0.0925. The highest BCUT2D eigenvalue weighted by Crippen LogP contribution is 2.36. The first-order valence-corrected chi connectivity index (χ1v) is 12.7. The summed E-state index contributed by atoms with van der Waals surface area (Å²) in [6.07, 6.45) is 0. The molecule has 188 valence electrons. The van der Waals surface area contributed by atoms with Crippen molar-refractivity contribution in [1.29, 1.82) is 0 Å². The summed E-state index contributed by atoms with van der Waals surface area (Å²) in [6.45, 7) is 15.3. The number of fused-ring (bicyclic) bond motifs is 1. The number of hydrogen-bond acceptors (Lipinski definition) is 5. The fourth-order valence-electron chi connectivity index (χ4n) is 5.33. The Bertz CT molecular complexity index is 1560. The predicted octanol–water partition coefficient (Wildman–Crippen LogP) is 5.53. The van der Waals surface area contributed by atoms with E-state index in [0.717, 1.165) is 34.7 Å². The average molecular weight is 513 g/mol. The van der Waals surface area contributed by atoms with Crippen molar-refractivity contribution >= 4 is 34.1 Å². The second kappa shape index (κ2) is 9.97. The lowest BCUT2D eigenvalue weighted by molar-refractivity contribution is 0.128. The molecular weight excluding hydrogens is 484 g/mol. The summed E-state index contributed by atoms with van der Waals surface area (Å²) in [7, 11) is 1.74. The van der Waals surface area contributed by atoms with Crippen LogP contribution < -0.4 is 10.5 Å². The topological polar surface area (TPSA) is 58.6 Å². The molecule has 0 bridgehead atoms. The van der Waals surface area contributed by atoms with E-state index >= 15 is 0 Å². The Balaban J connectivity index is 1.56. The van der Waals surface area contributed by atoms with Crippen LogP contribution in [0.3, 0.4) is 0 Å². The van der Waals surface area contributed by atoms with E-state index in [1.165, 1.54) is 0 Å². The molecule has 3 atom stereocenters. The summed E-state index contributed by atoms with van der Waals surface area (Å²) in [5.41, 5.74) is 5.20. The summed E-state index contributed by atoms with van der Waals surface area (Å²) < 4.78 is 1.59. The average Bonchev–Trinajstić information content (AvgIpc) is 2.89. The maximum absolute atomic E-state index is 12.9. The third kappa shape index (κ3) is 4.71. The summed E-state index contributed by atoms with van der Waals surface area (Å²) in [5, 5.41) is 0.703. The van der Waals surface area contributed by atoms with Crippen LogP contribution in [-0.4, -0.2) is 44.6 Å². The van der Waals surface area contributed by atoms with Gasteiger partial charge in [-0.3, -0.25) is 14.7 Å². The largest absolute Gasteiger partial charge is 0.362 e. The fourth-order valence-corrected chi connectivity index (χ4v) is 5.45. The van der Waals surface area contributed by atoms with Crippen molar-refractivity contribution in [2.45, 2.75) is 38.9 Å². The minimum Gasteiger partial charge on any atom is -0.362 e. The summed E-state index contributed by atoms with van der Waals surface area (Å²) in [4.78, 5) is 30.6. The highest BCUT2D eigenvalue weighted by atomic mass is 35.5. The van der Waals surface area contributed by atoms with Crippen molar-refractivity contribution in [3.8, 4) is 0 Å². The maximum atomic E-state index is 12.9. The van der Waals surface area contributed by atoms with E-state index in [9.17, 15) is 4.79 Å². The number of anilines is 1. The van der Waals surface area contributed by atoms with Gasteiger partial charge in [-0.05, 0) is 62.7 Å². The highest BCUT2D eigenvalue weighted by molar-refractivity contribution is 6.30. The number of rotatable bonds is 4. The molecular formula is C29H29ClN6O. The zero-order valence-corrected chi connectivity index (χ0v) is 22.1. The molecule has 8 heteroatoms. The summed E-state index contributed by atoms with van der Waals surface area (Å²) >= 11 is 6.22. The number of hydrogen-bond donors (Lipinski definition) is 0. The van der Waals surface area contributed by atoms with Crippen LogP contribution in [0.25, 0.3) is 15.9 Å². The van der Waals surface area contributed by atoms with Crippen molar-refractivity contribution < 1.29 is 0 Å². The van der Waals surface area contributed by atoms with Gasteiger partial charge in [-0.15, -0.1) is 4.98 Å². The normalized spacial score (nSPS) is 19.1. The monoisotopic (exact) mass is 512 g/mol. The van der Waals surface area contributed by atoms with Gasteiger partial charge in [0.25, 0.3) is 11.4 Å². The Labute approximate surface area is 221 Å². The molecule has 0 spiro atoms. The van der Waals surface area contributed by atoms with E-state index in [0.29, 0.717) is 22.9 Å². The summed E-state index contributed by atoms with van der Waals surface area (Å²) in [5.74, 6) is 0.320. The molecule has 7 nitrogen and oxygen atoms in total. The standard InChI is InChI=1S/C29H29ClN6O/c1-18-7-6-8-23(32-18)29(21-9-11-22(30)12-10-21)36-17-19(2)35(16-20(36)3)25-15-27(37)34(5)24-13-14-26(31-4)33-28(24)25/h6-15,19-20,29H,16-17H2,1-3,5H3/t19-,20+,29?/m0/s1. The first-order chi connectivity index (χ1) is 17.8. The molecule has 0 amide bonds. The Kier molecular flexibility index (Phi) is 6.72. The molecule has 4 heterocycles. The van der Waals surface area contributed by atoms with Crippen LogP contribution >= 0.6 is 11.6 Å². The Morgan fingerprint density at radius 3 is 2.49 bits per heavy atom. The smallest absolute Gasteiger partial charge is 0.270 e. The van der Waals surface area contributed by atoms with Crippen LogP contribution in [0.5, 0.6) is 0 Å². The van der Waals surface area contributed by atoms with Gasteiger partial charge < -0.3 is 14.3 Å². The molecule has 0 N–H and O–H groups in total. The van der Waals surface area contributed by atoms with Gasteiger partial charge in [0.15, 0.2) is 0 Å². The molecule has 1 unspecified atom stereocenters. The van der Waals surface area contributed by atoms with Crippen LogP contribution in [0.15, 0.2) is 65.5 Å². The quantitative estimate of drug-likeness (QED) is 0.336. The molecule has 1 aromatic carbocycles. The van der Waals surface area contributed by atoms with Gasteiger partial charge in [0.1, 0.15) is 0 Å². The maximum Gasteiger partial charge on any atom is 0.270 e. The lowest BCUT2D eigenvalue weighted by atomic mass is 9.96. The van der Waals surface area contributed by atoms with E-state index in [1.807, 2.05) is 31.2 Å². The third-order valence-electron chi connectivity index (χ3n) is 7.22. The van der Waals surface area contributed by atoms with E-state index in [4.69, 9.17) is 23.2 Å². The molecule has 37 heavy (non-hydrogen) atoms. The van der Waals surface area contributed by atoms with Gasteiger partial charge in [-0.1, -0.05) is 36.4 Å². The predicted molar refractivity (Wildman–Crippen MR) is 148 cm³/mol. The molecule has 3 aromatic heterocycles. The number of aromatic nitrogens is 3. The Hall–Kier alpha value is -3.73. The van der Waals surface area contributed by atoms with E-state index in [1.54, 1.807) is 23.7 Å². The van der Waals surface area contributed by atoms with E-state index < -0.39 is 0 Å². The van der Waals surface area contributed by atoms with Gasteiger partial charge in [0.2, 0.25) is 5.52 Å². The highest BCUT2D eigenvalue weighted by Gasteiger charge is 2.37. The van der Waals surface area contributed by atoms with Gasteiger partial charge >= 0.3 is 0 Å². The molecule has 0 saturated carbocycles. The number of pyridine rings is 3. The van der Waals surface area contributed by atoms with Crippen LogP contribution in [0.2, 0.25) is 5.02 Å². The number of benzene rings is 1. The molecule has 1 aliphatic heterocycles. The first kappa shape index (κ1) is 24.9. The van der Waals surface area contributed by atoms with E-state index in [-0.39, 0.29) is 23.7 Å².